The van der Waals surface area contributed by atoms with Gasteiger partial charge in [-0.15, -0.1) is 0 Å². The summed E-state index contributed by atoms with van der Waals surface area (Å²) in [4.78, 5) is 39.6. The maximum atomic E-state index is 13.2. The van der Waals surface area contributed by atoms with Crippen molar-refractivity contribution in [2.75, 3.05) is 36.0 Å². The number of hydrogen-bond acceptors (Lipinski definition) is 6. The fourth-order valence-corrected chi connectivity index (χ4v) is 4.50. The number of amides is 2. The maximum absolute atomic E-state index is 13.2. The summed E-state index contributed by atoms with van der Waals surface area (Å²) in [5.41, 5.74) is 2.31. The van der Waals surface area contributed by atoms with Crippen LogP contribution in [0.4, 0.5) is 11.5 Å². The number of phenols is 1. The summed E-state index contributed by atoms with van der Waals surface area (Å²) in [7, 11) is 0. The number of phenolic OH excluding ortho intramolecular Hbond substituents is 1. The Bertz CT molecular complexity index is 1230. The third-order valence-electron chi connectivity index (χ3n) is 6.13. The van der Waals surface area contributed by atoms with Crippen LogP contribution in [-0.4, -0.2) is 58.0 Å². The third kappa shape index (κ3) is 3.43. The average molecular weight is 429 g/mol. The lowest BCUT2D eigenvalue weighted by molar-refractivity contribution is -0.126. The highest BCUT2D eigenvalue weighted by atomic mass is 16.3. The lowest BCUT2D eigenvalue weighted by Gasteiger charge is -2.37. The van der Waals surface area contributed by atoms with Gasteiger partial charge in [-0.1, -0.05) is 30.8 Å². The fraction of sp³-hybridized carbons (Fsp3) is 0.250. The second-order valence-electron chi connectivity index (χ2n) is 7.98. The minimum Gasteiger partial charge on any atom is -0.508 e. The molecular weight excluding hydrogens is 406 g/mol. The molecule has 162 valence electrons. The summed E-state index contributed by atoms with van der Waals surface area (Å²) in [5.74, 6) is 0.741. The molecule has 1 aromatic heterocycles. The molecule has 0 bridgehead atoms. The van der Waals surface area contributed by atoms with Gasteiger partial charge in [-0.2, -0.15) is 0 Å². The molecule has 32 heavy (non-hydrogen) atoms. The van der Waals surface area contributed by atoms with Gasteiger partial charge in [-0.05, 0) is 17.5 Å². The summed E-state index contributed by atoms with van der Waals surface area (Å²) in [6.07, 6.45) is 3.05. The van der Waals surface area contributed by atoms with Crippen LogP contribution in [0.25, 0.3) is 10.8 Å². The van der Waals surface area contributed by atoms with E-state index in [0.717, 1.165) is 27.8 Å². The van der Waals surface area contributed by atoms with E-state index in [1.165, 1.54) is 12.4 Å². The van der Waals surface area contributed by atoms with Crippen molar-refractivity contribution >= 4 is 34.1 Å². The van der Waals surface area contributed by atoms with E-state index in [9.17, 15) is 14.7 Å². The molecule has 0 spiro atoms. The van der Waals surface area contributed by atoms with Crippen LogP contribution in [0, 0.1) is 0 Å². The molecule has 0 radical (unpaired) electrons. The second kappa shape index (κ2) is 7.96. The van der Waals surface area contributed by atoms with Crippen molar-refractivity contribution in [3.05, 3.63) is 66.6 Å². The summed E-state index contributed by atoms with van der Waals surface area (Å²) in [6.45, 7) is 6.30. The van der Waals surface area contributed by atoms with Crippen LogP contribution in [0.5, 0.6) is 5.75 Å². The molecule has 1 saturated heterocycles. The third-order valence-corrected chi connectivity index (χ3v) is 6.13. The van der Waals surface area contributed by atoms with E-state index in [1.807, 2.05) is 24.3 Å². The standard InChI is InChI=1S/C24H23N5O3/c1-2-22(31)27-7-9-28(10-8-27)24-19-13-23(32)29(14-20(19)25-15-26-24)21-12-17(30)11-16-5-3-4-6-18(16)21/h2-6,11-12,15,30H,1,7-10,13-14H2. The Kier molecular flexibility index (Phi) is 4.97. The Labute approximate surface area is 185 Å². The zero-order chi connectivity index (χ0) is 22.2. The van der Waals surface area contributed by atoms with Gasteiger partial charge in [0.1, 0.15) is 17.9 Å². The predicted molar refractivity (Wildman–Crippen MR) is 122 cm³/mol. The quantitative estimate of drug-likeness (QED) is 0.643. The molecule has 3 heterocycles. The SMILES string of the molecule is C=CC(=O)N1CCN(c2ncnc3c2CC(=O)N(c2cc(O)cc4ccccc24)C3)CC1. The van der Waals surface area contributed by atoms with E-state index in [0.29, 0.717) is 38.4 Å². The topological polar surface area (TPSA) is 89.9 Å². The Morgan fingerprint density at radius 3 is 2.66 bits per heavy atom. The second-order valence-corrected chi connectivity index (χ2v) is 7.98. The highest BCUT2D eigenvalue weighted by Crippen LogP contribution is 2.36. The number of piperazine rings is 1. The first-order valence-electron chi connectivity index (χ1n) is 10.6. The molecule has 2 amide bonds. The van der Waals surface area contributed by atoms with Crippen LogP contribution < -0.4 is 9.80 Å². The van der Waals surface area contributed by atoms with E-state index >= 15 is 0 Å². The van der Waals surface area contributed by atoms with Crippen molar-refractivity contribution in [2.24, 2.45) is 0 Å². The van der Waals surface area contributed by atoms with Crippen LogP contribution in [0.15, 0.2) is 55.4 Å². The smallest absolute Gasteiger partial charge is 0.246 e. The Balaban J connectivity index is 1.45. The van der Waals surface area contributed by atoms with Crippen LogP contribution in [-0.2, 0) is 22.6 Å². The highest BCUT2D eigenvalue weighted by Gasteiger charge is 2.31. The van der Waals surface area contributed by atoms with Crippen molar-refractivity contribution in [3.8, 4) is 5.75 Å². The van der Waals surface area contributed by atoms with Crippen molar-refractivity contribution < 1.29 is 14.7 Å². The molecule has 1 N–H and O–H groups in total. The van der Waals surface area contributed by atoms with Crippen molar-refractivity contribution in [2.45, 2.75) is 13.0 Å². The predicted octanol–water partition coefficient (Wildman–Crippen LogP) is 2.26. The number of rotatable bonds is 3. The van der Waals surface area contributed by atoms with Gasteiger partial charge in [0.25, 0.3) is 0 Å². The van der Waals surface area contributed by atoms with E-state index in [2.05, 4.69) is 21.4 Å². The van der Waals surface area contributed by atoms with Crippen LogP contribution in [0.1, 0.15) is 11.3 Å². The Morgan fingerprint density at radius 2 is 1.88 bits per heavy atom. The van der Waals surface area contributed by atoms with Gasteiger partial charge in [0, 0.05) is 43.2 Å². The summed E-state index contributed by atoms with van der Waals surface area (Å²) in [5, 5.41) is 12.0. The number of hydrogen-bond donors (Lipinski definition) is 1. The van der Waals surface area contributed by atoms with Gasteiger partial charge >= 0.3 is 0 Å². The molecule has 5 rings (SSSR count). The number of benzene rings is 2. The van der Waals surface area contributed by atoms with Gasteiger partial charge < -0.3 is 19.8 Å². The fourth-order valence-electron chi connectivity index (χ4n) is 4.50. The molecule has 1 fully saturated rings. The maximum Gasteiger partial charge on any atom is 0.246 e. The van der Waals surface area contributed by atoms with Crippen LogP contribution in [0.3, 0.4) is 0 Å². The lowest BCUT2D eigenvalue weighted by Crippen LogP contribution is -2.49. The Morgan fingerprint density at radius 1 is 1.09 bits per heavy atom. The summed E-state index contributed by atoms with van der Waals surface area (Å²) in [6, 6.07) is 11.0. The minimum atomic E-state index is -0.0708. The van der Waals surface area contributed by atoms with Crippen molar-refractivity contribution in [1.82, 2.24) is 14.9 Å². The number of aromatic hydroxyl groups is 1. The highest BCUT2D eigenvalue weighted by molar-refractivity contribution is 6.06. The van der Waals surface area contributed by atoms with E-state index in [-0.39, 0.29) is 24.0 Å². The zero-order valence-electron chi connectivity index (χ0n) is 17.6. The van der Waals surface area contributed by atoms with Gasteiger partial charge in [0.15, 0.2) is 0 Å². The molecule has 3 aromatic rings. The molecule has 0 aliphatic carbocycles. The summed E-state index contributed by atoms with van der Waals surface area (Å²) >= 11 is 0. The largest absolute Gasteiger partial charge is 0.508 e. The van der Waals surface area contributed by atoms with Crippen molar-refractivity contribution in [1.29, 1.82) is 0 Å². The number of fused-ring (bicyclic) bond motifs is 2. The normalized spacial score (nSPS) is 16.2. The van der Waals surface area contributed by atoms with Gasteiger partial charge in [-0.3, -0.25) is 9.59 Å². The molecule has 0 atom stereocenters. The molecule has 0 unspecified atom stereocenters. The first kappa shape index (κ1) is 20.0. The number of carbonyl (C=O) groups is 2. The van der Waals surface area contributed by atoms with Gasteiger partial charge in [-0.25, -0.2) is 9.97 Å². The van der Waals surface area contributed by atoms with E-state index < -0.39 is 0 Å². The van der Waals surface area contributed by atoms with Gasteiger partial charge in [0.2, 0.25) is 11.8 Å². The number of nitrogens with zero attached hydrogens (tertiary/aromatic N) is 5. The molecule has 2 aliphatic rings. The van der Waals surface area contributed by atoms with Crippen LogP contribution >= 0.6 is 0 Å². The molecule has 8 heteroatoms. The first-order valence-corrected chi connectivity index (χ1v) is 10.6. The van der Waals surface area contributed by atoms with E-state index in [1.54, 1.807) is 21.9 Å². The first-order chi connectivity index (χ1) is 15.5. The molecule has 0 saturated carbocycles. The Hall–Kier alpha value is -3.94. The number of aromatic nitrogens is 2. The average Bonchev–Trinajstić information content (AvgIpc) is 2.82. The molecule has 2 aromatic carbocycles. The molecule has 8 nitrogen and oxygen atoms in total. The zero-order valence-corrected chi connectivity index (χ0v) is 17.6. The molecular formula is C24H23N5O3. The van der Waals surface area contributed by atoms with Crippen LogP contribution in [0.2, 0.25) is 0 Å². The van der Waals surface area contributed by atoms with Gasteiger partial charge in [0.05, 0.1) is 24.3 Å². The van der Waals surface area contributed by atoms with Crippen molar-refractivity contribution in [3.63, 3.8) is 0 Å². The number of carbonyl (C=O) groups excluding carboxylic acids is 2. The summed E-state index contributed by atoms with van der Waals surface area (Å²) < 4.78 is 0. The minimum absolute atomic E-state index is 0.0650. The number of anilines is 2. The molecule has 2 aliphatic heterocycles. The monoisotopic (exact) mass is 429 g/mol. The lowest BCUT2D eigenvalue weighted by atomic mass is 10.0. The van der Waals surface area contributed by atoms with E-state index in [4.69, 9.17) is 0 Å².